The molecule has 3 fully saturated rings. The molecule has 4 heterocycles. The van der Waals surface area contributed by atoms with Crippen molar-refractivity contribution in [3.05, 3.63) is 34.9 Å². The third-order valence-electron chi connectivity index (χ3n) is 6.15. The number of hydrogen-bond acceptors (Lipinski definition) is 5. The van der Waals surface area contributed by atoms with Crippen LogP contribution in [0.25, 0.3) is 0 Å². The van der Waals surface area contributed by atoms with Crippen molar-refractivity contribution < 1.29 is 14.4 Å². The molecule has 1 atom stereocenters. The van der Waals surface area contributed by atoms with E-state index in [4.69, 9.17) is 0 Å². The van der Waals surface area contributed by atoms with Crippen LogP contribution < -0.4 is 10.6 Å². The summed E-state index contributed by atoms with van der Waals surface area (Å²) in [5.41, 5.74) is 3.24. The summed E-state index contributed by atoms with van der Waals surface area (Å²) in [6, 6.07) is 5.44. The number of nitrogens with one attached hydrogen (secondary N) is 2. The smallest absolute Gasteiger partial charge is 0.255 e. The zero-order chi connectivity index (χ0) is 17.9. The Morgan fingerprint density at radius 2 is 1.96 bits per heavy atom. The van der Waals surface area contributed by atoms with Crippen LogP contribution in [0.15, 0.2) is 18.2 Å². The summed E-state index contributed by atoms with van der Waals surface area (Å²) in [4.78, 5) is 40.6. The van der Waals surface area contributed by atoms with E-state index in [1.807, 2.05) is 18.2 Å². The highest BCUT2D eigenvalue weighted by Crippen LogP contribution is 2.36. The van der Waals surface area contributed by atoms with E-state index in [0.29, 0.717) is 18.4 Å². The minimum atomic E-state index is -0.547. The fourth-order valence-electron chi connectivity index (χ4n) is 4.78. The van der Waals surface area contributed by atoms with Crippen LogP contribution in [0.3, 0.4) is 0 Å². The SMILES string of the molecule is O=C1CCC(N2Cc3cccc(CN4CC5(CNC5)C4)c3C2=O)C(=O)N1. The summed E-state index contributed by atoms with van der Waals surface area (Å²) in [7, 11) is 0. The van der Waals surface area contributed by atoms with Crippen LogP contribution in [0.4, 0.5) is 0 Å². The third kappa shape index (κ3) is 2.38. The predicted molar refractivity (Wildman–Crippen MR) is 93.1 cm³/mol. The van der Waals surface area contributed by atoms with Crippen molar-refractivity contribution in [2.45, 2.75) is 32.0 Å². The highest BCUT2D eigenvalue weighted by molar-refractivity contribution is 6.05. The van der Waals surface area contributed by atoms with Crippen molar-refractivity contribution in [2.24, 2.45) is 5.41 Å². The number of carbonyl (C=O) groups excluding carboxylic acids is 3. The molecule has 1 spiro atoms. The van der Waals surface area contributed by atoms with Crippen molar-refractivity contribution in [3.8, 4) is 0 Å². The molecule has 7 heteroatoms. The van der Waals surface area contributed by atoms with Crippen LogP contribution in [0, 0.1) is 5.41 Å². The zero-order valence-electron chi connectivity index (χ0n) is 14.6. The number of fused-ring (bicyclic) bond motifs is 1. The molecule has 3 saturated heterocycles. The lowest BCUT2D eigenvalue weighted by Crippen LogP contribution is -2.70. The number of likely N-dealkylation sites (tertiary alicyclic amines) is 1. The van der Waals surface area contributed by atoms with Gasteiger partial charge in [0.2, 0.25) is 11.8 Å². The number of hydrogen-bond donors (Lipinski definition) is 2. The van der Waals surface area contributed by atoms with Gasteiger partial charge in [0.05, 0.1) is 0 Å². The molecule has 0 bridgehead atoms. The third-order valence-corrected chi connectivity index (χ3v) is 6.15. The van der Waals surface area contributed by atoms with Gasteiger partial charge < -0.3 is 10.2 Å². The molecule has 5 rings (SSSR count). The fraction of sp³-hybridized carbons (Fsp3) is 0.526. The highest BCUT2D eigenvalue weighted by atomic mass is 16.2. The molecule has 0 aromatic heterocycles. The van der Waals surface area contributed by atoms with Crippen molar-refractivity contribution in [3.63, 3.8) is 0 Å². The van der Waals surface area contributed by atoms with E-state index in [1.165, 1.54) is 0 Å². The molecular formula is C19H22N4O3. The van der Waals surface area contributed by atoms with Gasteiger partial charge in [-0.1, -0.05) is 18.2 Å². The normalized spacial score (nSPS) is 27.2. The average molecular weight is 354 g/mol. The summed E-state index contributed by atoms with van der Waals surface area (Å²) in [6.07, 6.45) is 0.689. The lowest BCUT2D eigenvalue weighted by atomic mass is 9.74. The molecule has 3 amide bonds. The largest absolute Gasteiger partial charge is 0.322 e. The first-order valence-corrected chi connectivity index (χ1v) is 9.23. The van der Waals surface area contributed by atoms with E-state index in [9.17, 15) is 14.4 Å². The maximum atomic E-state index is 13.1. The van der Waals surface area contributed by atoms with Gasteiger partial charge in [0.25, 0.3) is 5.91 Å². The Bertz CT molecular complexity index is 809. The van der Waals surface area contributed by atoms with E-state index in [-0.39, 0.29) is 24.1 Å². The van der Waals surface area contributed by atoms with Gasteiger partial charge in [0, 0.05) is 56.7 Å². The minimum Gasteiger partial charge on any atom is -0.322 e. The highest BCUT2D eigenvalue weighted by Gasteiger charge is 2.47. The topological polar surface area (TPSA) is 81.8 Å². The van der Waals surface area contributed by atoms with E-state index in [0.717, 1.165) is 49.4 Å². The zero-order valence-corrected chi connectivity index (χ0v) is 14.6. The lowest BCUT2D eigenvalue weighted by Gasteiger charge is -2.56. The summed E-state index contributed by atoms with van der Waals surface area (Å²) in [5.74, 6) is -0.690. The van der Waals surface area contributed by atoms with Crippen LogP contribution in [-0.4, -0.2) is 59.7 Å². The van der Waals surface area contributed by atoms with E-state index in [2.05, 4.69) is 15.5 Å². The Balaban J connectivity index is 1.34. The number of benzene rings is 1. The van der Waals surface area contributed by atoms with Crippen molar-refractivity contribution in [1.82, 2.24) is 20.4 Å². The van der Waals surface area contributed by atoms with Gasteiger partial charge in [-0.15, -0.1) is 0 Å². The van der Waals surface area contributed by atoms with Gasteiger partial charge >= 0.3 is 0 Å². The maximum absolute atomic E-state index is 13.1. The quantitative estimate of drug-likeness (QED) is 0.738. The molecule has 1 aromatic carbocycles. The first-order chi connectivity index (χ1) is 12.5. The minimum absolute atomic E-state index is 0.0781. The standard InChI is InChI=1S/C19H22N4O3/c24-15-5-4-14(17(25)21-15)23-7-13-3-1-2-12(16(13)18(23)26)6-22-10-19(11-22)8-20-9-19/h1-3,14,20H,4-11H2,(H,21,24,25). The molecule has 1 aromatic rings. The molecule has 0 aliphatic carbocycles. The van der Waals surface area contributed by atoms with Crippen molar-refractivity contribution in [2.75, 3.05) is 26.2 Å². The molecule has 0 saturated carbocycles. The Kier molecular flexibility index (Phi) is 3.45. The Morgan fingerprint density at radius 1 is 1.15 bits per heavy atom. The summed E-state index contributed by atoms with van der Waals surface area (Å²) in [6.45, 7) is 5.57. The molecule has 0 radical (unpaired) electrons. The van der Waals surface area contributed by atoms with E-state index < -0.39 is 6.04 Å². The summed E-state index contributed by atoms with van der Waals surface area (Å²) >= 11 is 0. The number of amides is 3. The molecule has 136 valence electrons. The molecule has 7 nitrogen and oxygen atoms in total. The van der Waals surface area contributed by atoms with Crippen LogP contribution >= 0.6 is 0 Å². The van der Waals surface area contributed by atoms with Crippen LogP contribution in [0.1, 0.15) is 34.3 Å². The molecule has 26 heavy (non-hydrogen) atoms. The maximum Gasteiger partial charge on any atom is 0.255 e. The first kappa shape index (κ1) is 16.0. The molecule has 1 unspecified atom stereocenters. The lowest BCUT2D eigenvalue weighted by molar-refractivity contribution is -0.136. The van der Waals surface area contributed by atoms with Crippen molar-refractivity contribution >= 4 is 17.7 Å². The molecule has 2 N–H and O–H groups in total. The second-order valence-corrected chi connectivity index (χ2v) is 8.10. The van der Waals surface area contributed by atoms with E-state index in [1.54, 1.807) is 4.90 Å². The van der Waals surface area contributed by atoms with Crippen LogP contribution in [0.2, 0.25) is 0 Å². The molecule has 4 aliphatic heterocycles. The van der Waals surface area contributed by atoms with Gasteiger partial charge in [0.1, 0.15) is 6.04 Å². The van der Waals surface area contributed by atoms with Gasteiger partial charge in [-0.3, -0.25) is 24.6 Å². The number of imide groups is 1. The average Bonchev–Trinajstić information content (AvgIpc) is 2.86. The number of carbonyl (C=O) groups is 3. The number of nitrogens with zero attached hydrogens (tertiary/aromatic N) is 2. The van der Waals surface area contributed by atoms with Crippen LogP contribution in [-0.2, 0) is 22.7 Å². The monoisotopic (exact) mass is 354 g/mol. The van der Waals surface area contributed by atoms with Gasteiger partial charge in [0.15, 0.2) is 0 Å². The van der Waals surface area contributed by atoms with Crippen molar-refractivity contribution in [1.29, 1.82) is 0 Å². The second kappa shape index (κ2) is 5.62. The van der Waals surface area contributed by atoms with Crippen LogP contribution in [0.5, 0.6) is 0 Å². The Labute approximate surface area is 151 Å². The first-order valence-electron chi connectivity index (χ1n) is 9.23. The Hall–Kier alpha value is -2.25. The summed E-state index contributed by atoms with van der Waals surface area (Å²) < 4.78 is 0. The number of rotatable bonds is 3. The summed E-state index contributed by atoms with van der Waals surface area (Å²) in [5, 5.41) is 5.69. The van der Waals surface area contributed by atoms with Gasteiger partial charge in [-0.25, -0.2) is 0 Å². The molecule has 4 aliphatic rings. The van der Waals surface area contributed by atoms with Gasteiger partial charge in [-0.2, -0.15) is 0 Å². The Morgan fingerprint density at radius 3 is 2.65 bits per heavy atom. The van der Waals surface area contributed by atoms with E-state index >= 15 is 0 Å². The molecular weight excluding hydrogens is 332 g/mol. The second-order valence-electron chi connectivity index (χ2n) is 8.10. The number of piperidine rings is 1. The fourth-order valence-corrected chi connectivity index (χ4v) is 4.78. The predicted octanol–water partition coefficient (Wildman–Crippen LogP) is -0.147. The van der Waals surface area contributed by atoms with Gasteiger partial charge in [-0.05, 0) is 17.5 Å².